The fourth-order valence-electron chi connectivity index (χ4n) is 3.59. The van der Waals surface area contributed by atoms with E-state index in [1.807, 2.05) is 63.1 Å². The van der Waals surface area contributed by atoms with Gasteiger partial charge in [0, 0.05) is 22.4 Å². The Morgan fingerprint density at radius 3 is 1.69 bits per heavy atom. The summed E-state index contributed by atoms with van der Waals surface area (Å²) < 4.78 is 0. The number of hydrogen-bond donors (Lipinski definition) is 0. The standard InChI is InChI=1S/C24H19O3P.Co/c1-16-8-4-6-10-22(16)28(23-11-7-5-9-17(23)2)24-18(3)12-19(13-25)20(14-26)21(24)15-27;/h4-12,24H,1-3H3;. The van der Waals surface area contributed by atoms with E-state index in [2.05, 4.69) is 12.1 Å². The predicted octanol–water partition coefficient (Wildman–Crippen LogP) is 3.34. The van der Waals surface area contributed by atoms with Crippen LogP contribution in [-0.2, 0) is 31.2 Å². The van der Waals surface area contributed by atoms with E-state index in [4.69, 9.17) is 0 Å². The Morgan fingerprint density at radius 2 is 1.28 bits per heavy atom. The molecule has 147 valence electrons. The van der Waals surface area contributed by atoms with Gasteiger partial charge in [-0.25, -0.2) is 14.4 Å². The first-order valence-corrected chi connectivity index (χ1v) is 10.3. The van der Waals surface area contributed by atoms with Crippen molar-refractivity contribution in [3.05, 3.63) is 88.0 Å². The molecule has 0 N–H and O–H groups in total. The number of hydrogen-bond acceptors (Lipinski definition) is 3. The van der Waals surface area contributed by atoms with Crippen LogP contribution < -0.4 is 10.6 Å². The summed E-state index contributed by atoms with van der Waals surface area (Å²) in [4.78, 5) is 34.9. The van der Waals surface area contributed by atoms with Crippen molar-refractivity contribution in [2.45, 2.75) is 26.4 Å². The molecular formula is C24H19CoO3P. The summed E-state index contributed by atoms with van der Waals surface area (Å²) in [5.41, 5.74) is 2.93. The molecule has 0 aliphatic heterocycles. The van der Waals surface area contributed by atoms with E-state index in [0.29, 0.717) is 0 Å². The number of rotatable bonds is 3. The van der Waals surface area contributed by atoms with Crippen LogP contribution in [0.5, 0.6) is 0 Å². The smallest absolute Gasteiger partial charge is 0.134 e. The minimum Gasteiger partial charge on any atom is -0.233 e. The first kappa shape index (κ1) is 22.8. The first-order valence-electron chi connectivity index (χ1n) is 8.88. The van der Waals surface area contributed by atoms with Crippen LogP contribution in [0.1, 0.15) is 18.1 Å². The molecule has 5 heteroatoms. The van der Waals surface area contributed by atoms with E-state index in [1.54, 1.807) is 18.0 Å². The number of aryl methyl sites for hydroxylation is 2. The van der Waals surface area contributed by atoms with Gasteiger partial charge in [-0.15, -0.1) is 0 Å². The predicted molar refractivity (Wildman–Crippen MR) is 114 cm³/mol. The second-order valence-electron chi connectivity index (χ2n) is 6.74. The molecule has 0 amide bonds. The van der Waals surface area contributed by atoms with Crippen molar-refractivity contribution >= 4 is 36.4 Å². The van der Waals surface area contributed by atoms with Crippen LogP contribution in [0, 0.1) is 13.8 Å². The average Bonchev–Trinajstić information content (AvgIpc) is 2.71. The zero-order valence-electron chi connectivity index (χ0n) is 16.3. The third kappa shape index (κ3) is 4.25. The van der Waals surface area contributed by atoms with Crippen LogP contribution >= 0.6 is 7.92 Å². The quantitative estimate of drug-likeness (QED) is 0.538. The van der Waals surface area contributed by atoms with Gasteiger partial charge in [0.05, 0.1) is 16.7 Å². The van der Waals surface area contributed by atoms with Crippen LogP contribution in [0.15, 0.2) is 76.9 Å². The van der Waals surface area contributed by atoms with Crippen LogP contribution in [-0.4, -0.2) is 23.5 Å². The van der Waals surface area contributed by atoms with Crippen molar-refractivity contribution in [3.63, 3.8) is 0 Å². The second-order valence-corrected chi connectivity index (χ2v) is 8.96. The van der Waals surface area contributed by atoms with Gasteiger partial charge in [-0.2, -0.15) is 0 Å². The maximum Gasteiger partial charge on any atom is 0.134 e. The Morgan fingerprint density at radius 1 is 0.759 bits per heavy atom. The molecule has 0 saturated carbocycles. The Hall–Kier alpha value is -2.53. The summed E-state index contributed by atoms with van der Waals surface area (Å²) in [6.07, 6.45) is 1.64. The van der Waals surface area contributed by atoms with E-state index < -0.39 is 7.92 Å². The normalized spacial score (nSPS) is 15.8. The topological polar surface area (TPSA) is 51.2 Å². The van der Waals surface area contributed by atoms with Crippen LogP contribution in [0.2, 0.25) is 0 Å². The molecule has 0 aromatic heterocycles. The number of benzene rings is 2. The fourth-order valence-corrected chi connectivity index (χ4v) is 6.73. The Bertz CT molecular complexity index is 1080. The fraction of sp³-hybridized carbons (Fsp3) is 0.167. The summed E-state index contributed by atoms with van der Waals surface area (Å²) >= 11 is 0. The molecule has 1 atom stereocenters. The van der Waals surface area contributed by atoms with E-state index >= 15 is 0 Å². The average molecular weight is 445 g/mol. The molecular weight excluding hydrogens is 426 g/mol. The molecule has 0 spiro atoms. The molecule has 29 heavy (non-hydrogen) atoms. The molecule has 1 radical (unpaired) electrons. The van der Waals surface area contributed by atoms with Crippen molar-refractivity contribution in [1.82, 2.24) is 0 Å². The van der Waals surface area contributed by atoms with Crippen molar-refractivity contribution < 1.29 is 31.2 Å². The Kier molecular flexibility index (Phi) is 7.68. The minimum absolute atomic E-state index is 0. The molecule has 0 bridgehead atoms. The van der Waals surface area contributed by atoms with Crippen LogP contribution in [0.3, 0.4) is 0 Å². The SMILES string of the molecule is CC1=CC(=C=O)C(=C=O)C(=C=O)C1P(c1ccccc1C)c1ccccc1C.[Co]. The summed E-state index contributed by atoms with van der Waals surface area (Å²) in [5, 5.41) is 2.25. The number of carbonyl (C=O) groups excluding carboxylic acids is 3. The van der Waals surface area contributed by atoms with Gasteiger partial charge in [-0.05, 0) is 56.5 Å². The maximum atomic E-state index is 12.0. The van der Waals surface area contributed by atoms with Gasteiger partial charge in [0.1, 0.15) is 17.8 Å². The number of allylic oxidation sites excluding steroid dienone is 5. The Balaban J connectivity index is 0.00000300. The van der Waals surface area contributed by atoms with Gasteiger partial charge >= 0.3 is 0 Å². The van der Waals surface area contributed by atoms with Crippen molar-refractivity contribution in [3.8, 4) is 0 Å². The van der Waals surface area contributed by atoms with Gasteiger partial charge in [0.2, 0.25) is 0 Å². The summed E-state index contributed by atoms with van der Waals surface area (Å²) in [5.74, 6) is 5.49. The molecule has 2 aromatic carbocycles. The summed E-state index contributed by atoms with van der Waals surface area (Å²) in [6.45, 7) is 5.97. The molecule has 0 saturated heterocycles. The monoisotopic (exact) mass is 445 g/mol. The molecule has 1 aliphatic carbocycles. The van der Waals surface area contributed by atoms with E-state index in [9.17, 15) is 14.4 Å². The van der Waals surface area contributed by atoms with Crippen LogP contribution in [0.25, 0.3) is 0 Å². The van der Waals surface area contributed by atoms with Gasteiger partial charge < -0.3 is 0 Å². The molecule has 3 nitrogen and oxygen atoms in total. The van der Waals surface area contributed by atoms with E-state index in [0.717, 1.165) is 27.3 Å². The first-order chi connectivity index (χ1) is 13.5. The van der Waals surface area contributed by atoms with Gasteiger partial charge in [-0.3, -0.25) is 0 Å². The molecule has 3 rings (SSSR count). The zero-order valence-corrected chi connectivity index (χ0v) is 18.2. The molecule has 1 unspecified atom stereocenters. The van der Waals surface area contributed by atoms with Crippen LogP contribution in [0.4, 0.5) is 0 Å². The van der Waals surface area contributed by atoms with Gasteiger partial charge in [0.15, 0.2) is 0 Å². The second kappa shape index (κ2) is 9.79. The van der Waals surface area contributed by atoms with Crippen molar-refractivity contribution in [2.24, 2.45) is 0 Å². The molecule has 1 aliphatic rings. The minimum atomic E-state index is -1.06. The summed E-state index contributed by atoms with van der Waals surface area (Å²) in [6, 6.07) is 16.1. The molecule has 2 aromatic rings. The molecule has 0 fully saturated rings. The van der Waals surface area contributed by atoms with Crippen molar-refractivity contribution in [1.29, 1.82) is 0 Å². The molecule has 0 heterocycles. The Labute approximate surface area is 181 Å². The third-order valence-corrected chi connectivity index (χ3v) is 8.17. The maximum absolute atomic E-state index is 12.0. The third-order valence-electron chi connectivity index (χ3n) is 4.95. The zero-order chi connectivity index (χ0) is 20.3. The van der Waals surface area contributed by atoms with Gasteiger partial charge in [0.25, 0.3) is 0 Å². The summed E-state index contributed by atoms with van der Waals surface area (Å²) in [7, 11) is -1.06. The van der Waals surface area contributed by atoms with E-state index in [1.165, 1.54) is 0 Å². The van der Waals surface area contributed by atoms with E-state index in [-0.39, 0.29) is 39.2 Å². The van der Waals surface area contributed by atoms with Gasteiger partial charge in [-0.1, -0.05) is 54.1 Å². The largest absolute Gasteiger partial charge is 0.233 e. The van der Waals surface area contributed by atoms with Crippen molar-refractivity contribution in [2.75, 3.05) is 0 Å².